The predicted molar refractivity (Wildman–Crippen MR) is 108 cm³/mol. The first-order valence-electron chi connectivity index (χ1n) is 8.60. The van der Waals surface area contributed by atoms with Crippen molar-refractivity contribution in [2.45, 2.75) is 13.1 Å². The summed E-state index contributed by atoms with van der Waals surface area (Å²) in [5.74, 6) is -0.826. The highest BCUT2D eigenvalue weighted by molar-refractivity contribution is 7.66. The van der Waals surface area contributed by atoms with E-state index in [4.69, 9.17) is 0 Å². The number of hydrogen-bond donors (Lipinski definition) is 3. The van der Waals surface area contributed by atoms with Crippen molar-refractivity contribution in [1.82, 2.24) is 5.32 Å². The van der Waals surface area contributed by atoms with Crippen molar-refractivity contribution in [3.63, 3.8) is 0 Å². The van der Waals surface area contributed by atoms with Crippen molar-refractivity contribution in [2.75, 3.05) is 18.9 Å². The van der Waals surface area contributed by atoms with Gasteiger partial charge < -0.3 is 5.32 Å². The summed E-state index contributed by atoms with van der Waals surface area (Å²) in [4.78, 5) is 47.8. The largest absolute Gasteiger partial charge is 0.306 e. The van der Waals surface area contributed by atoms with Gasteiger partial charge in [-0.1, -0.05) is 60.7 Å². The number of benzene rings is 2. The van der Waals surface area contributed by atoms with Crippen LogP contribution >= 0.6 is 7.72 Å². The lowest BCUT2D eigenvalue weighted by Crippen LogP contribution is -2.27. The van der Waals surface area contributed by atoms with E-state index in [0.717, 1.165) is 17.3 Å². The summed E-state index contributed by atoms with van der Waals surface area (Å²) in [6.07, 6.45) is 0.231. The van der Waals surface area contributed by atoms with Gasteiger partial charge in [-0.3, -0.25) is 14.6 Å². The van der Waals surface area contributed by atoms with Gasteiger partial charge in [-0.25, -0.2) is 9.79 Å². The Kier molecular flexibility index (Phi) is 8.43. The van der Waals surface area contributed by atoms with Gasteiger partial charge in [0.15, 0.2) is 18.1 Å². The molecule has 0 saturated heterocycles. The molecule has 2 aromatic carbocycles. The van der Waals surface area contributed by atoms with E-state index in [2.05, 4.69) is 10.3 Å². The van der Waals surface area contributed by atoms with Gasteiger partial charge in [-0.05, 0) is 11.1 Å². The van der Waals surface area contributed by atoms with Crippen LogP contribution in [0.2, 0.25) is 0 Å². The number of carbonyl (C=O) groups excluding carboxylic acids is 2. The molecule has 0 aliphatic heterocycles. The summed E-state index contributed by atoms with van der Waals surface area (Å²) in [7, 11) is -3.61. The van der Waals surface area contributed by atoms with E-state index in [1.165, 1.54) is 0 Å². The summed E-state index contributed by atoms with van der Waals surface area (Å²) in [5.41, 5.74) is 1.99. The van der Waals surface area contributed by atoms with Gasteiger partial charge in [-0.15, -0.1) is 0 Å². The van der Waals surface area contributed by atoms with E-state index >= 15 is 0 Å². The lowest BCUT2D eigenvalue weighted by atomic mass is 10.2. The maximum Gasteiger partial charge on any atom is 0.282 e. The number of Topliss-reactive ketones (excluding diaryl/α,β-unsaturated/α-hetero) is 2. The van der Waals surface area contributed by atoms with Crippen LogP contribution in [0.3, 0.4) is 0 Å². The highest BCUT2D eigenvalue weighted by Crippen LogP contribution is 2.49. The first-order chi connectivity index (χ1) is 12.9. The van der Waals surface area contributed by atoms with Crippen molar-refractivity contribution in [3.05, 3.63) is 71.8 Å². The second-order valence-electron chi connectivity index (χ2n) is 6.24. The number of nitrogens with zero attached hydrogens (tertiary/aromatic N) is 1. The van der Waals surface area contributed by atoms with Crippen LogP contribution in [-0.4, -0.2) is 46.4 Å². The molecule has 0 amide bonds. The zero-order valence-electron chi connectivity index (χ0n) is 15.0. The van der Waals surface area contributed by atoms with E-state index in [1.807, 2.05) is 60.7 Å². The molecule has 27 heavy (non-hydrogen) atoms. The van der Waals surface area contributed by atoms with Gasteiger partial charge in [0.25, 0.3) is 7.72 Å². The van der Waals surface area contributed by atoms with E-state index in [0.29, 0.717) is 13.1 Å². The highest BCUT2D eigenvalue weighted by atomic mass is 31.2. The number of nitrogens with one attached hydrogen (secondary N) is 1. The fraction of sp³-hybridized carbons (Fsp3) is 0.250. The maximum absolute atomic E-state index is 11.9. The van der Waals surface area contributed by atoms with Crippen molar-refractivity contribution in [3.8, 4) is 0 Å². The molecule has 0 bridgehead atoms. The Morgan fingerprint density at radius 1 is 0.926 bits per heavy atom. The smallest absolute Gasteiger partial charge is 0.282 e. The topological polar surface area (TPSA) is 99.0 Å². The molecule has 0 heterocycles. The Hall–Kier alpha value is -2.24. The third-order valence-electron chi connectivity index (χ3n) is 3.68. The molecule has 0 unspecified atom stereocenters. The Morgan fingerprint density at radius 2 is 1.52 bits per heavy atom. The van der Waals surface area contributed by atoms with Crippen LogP contribution in [0.15, 0.2) is 65.7 Å². The SMILES string of the molecule is O=C(C=NCc1ccccc1)C[P+](O)(O)CC(=O)CNCc1ccccc1. The third-order valence-corrected chi connectivity index (χ3v) is 5.36. The molecule has 142 valence electrons. The van der Waals surface area contributed by atoms with Crippen molar-refractivity contribution in [2.24, 2.45) is 4.99 Å². The summed E-state index contributed by atoms with van der Waals surface area (Å²) in [6, 6.07) is 19.0. The average molecular weight is 387 g/mol. The van der Waals surface area contributed by atoms with Gasteiger partial charge in [-0.2, -0.15) is 0 Å². The first-order valence-corrected chi connectivity index (χ1v) is 10.7. The predicted octanol–water partition coefficient (Wildman–Crippen LogP) is 2.02. The average Bonchev–Trinajstić information content (AvgIpc) is 2.62. The number of ketones is 2. The summed E-state index contributed by atoms with van der Waals surface area (Å²) in [5, 5.41) is 2.96. The summed E-state index contributed by atoms with van der Waals surface area (Å²) < 4.78 is 0. The minimum atomic E-state index is -3.61. The van der Waals surface area contributed by atoms with Crippen molar-refractivity contribution >= 4 is 25.5 Å². The quantitative estimate of drug-likeness (QED) is 0.405. The second-order valence-corrected chi connectivity index (χ2v) is 8.63. The standard InChI is InChI=1S/C20H24N2O4P/c23-19(13-21-11-17-7-3-1-4-8-17)15-27(25,26)16-20(24)14-22-12-18-9-5-2-6-10-18/h1-10,13,22,25-26H,11-12,14-16H2/q+1. The fourth-order valence-corrected chi connectivity index (χ4v) is 3.83. The zero-order valence-corrected chi connectivity index (χ0v) is 15.9. The molecule has 2 aromatic rings. The Labute approximate surface area is 159 Å². The van der Waals surface area contributed by atoms with E-state index in [-0.39, 0.29) is 12.3 Å². The van der Waals surface area contributed by atoms with Crippen molar-refractivity contribution in [1.29, 1.82) is 0 Å². The molecular weight excluding hydrogens is 363 g/mol. The molecule has 0 spiro atoms. The second kappa shape index (κ2) is 10.8. The van der Waals surface area contributed by atoms with Gasteiger partial charge >= 0.3 is 0 Å². The van der Waals surface area contributed by atoms with E-state index in [9.17, 15) is 19.4 Å². The summed E-state index contributed by atoms with van der Waals surface area (Å²) >= 11 is 0. The van der Waals surface area contributed by atoms with Crippen LogP contribution in [0, 0.1) is 0 Å². The van der Waals surface area contributed by atoms with Gasteiger partial charge in [0.1, 0.15) is 0 Å². The Balaban J connectivity index is 1.71. The molecule has 6 nitrogen and oxygen atoms in total. The lowest BCUT2D eigenvalue weighted by Gasteiger charge is -2.10. The van der Waals surface area contributed by atoms with Gasteiger partial charge in [0, 0.05) is 6.54 Å². The molecule has 0 radical (unpaired) electrons. The summed E-state index contributed by atoms with van der Waals surface area (Å²) in [6.45, 7) is 0.880. The van der Waals surface area contributed by atoms with Crippen LogP contribution in [0.5, 0.6) is 0 Å². The van der Waals surface area contributed by atoms with Gasteiger partial charge in [0.2, 0.25) is 5.78 Å². The Morgan fingerprint density at radius 3 is 2.15 bits per heavy atom. The van der Waals surface area contributed by atoms with E-state index in [1.54, 1.807) is 0 Å². The molecule has 0 aliphatic carbocycles. The molecule has 3 N–H and O–H groups in total. The molecule has 2 rings (SSSR count). The number of aliphatic imine (C=N–C) groups is 1. The van der Waals surface area contributed by atoms with E-state index < -0.39 is 25.8 Å². The highest BCUT2D eigenvalue weighted by Gasteiger charge is 2.38. The molecule has 0 atom stereocenters. The number of hydrogen-bond acceptors (Lipinski definition) is 6. The Bertz CT molecular complexity index is 764. The normalized spacial score (nSPS) is 11.6. The van der Waals surface area contributed by atoms with Gasteiger partial charge in [0.05, 0.1) is 19.3 Å². The number of rotatable bonds is 11. The monoisotopic (exact) mass is 387 g/mol. The van der Waals surface area contributed by atoms with Crippen LogP contribution in [0.1, 0.15) is 11.1 Å². The molecular formula is C20H24N2O4P+. The maximum atomic E-state index is 11.9. The van der Waals surface area contributed by atoms with Crippen molar-refractivity contribution < 1.29 is 19.4 Å². The zero-order chi connectivity index (χ0) is 19.5. The van der Waals surface area contributed by atoms with Crippen LogP contribution in [0.4, 0.5) is 0 Å². The minimum absolute atomic E-state index is 0.0219. The molecule has 0 aliphatic rings. The minimum Gasteiger partial charge on any atom is -0.306 e. The molecule has 0 fully saturated rings. The number of carbonyl (C=O) groups is 2. The van der Waals surface area contributed by atoms with Crippen LogP contribution < -0.4 is 5.32 Å². The van der Waals surface area contributed by atoms with Crippen LogP contribution in [-0.2, 0) is 22.7 Å². The molecule has 7 heteroatoms. The van der Waals surface area contributed by atoms with Crippen LogP contribution in [0.25, 0.3) is 0 Å². The lowest BCUT2D eigenvalue weighted by molar-refractivity contribution is -0.116. The molecule has 0 aromatic heterocycles. The third kappa shape index (κ3) is 8.80. The fourth-order valence-electron chi connectivity index (χ4n) is 2.46. The molecule has 0 saturated carbocycles. The first kappa shape index (κ1) is 21.1.